The van der Waals surface area contributed by atoms with Gasteiger partial charge in [-0.2, -0.15) is 0 Å². The number of hydrogen-bond acceptors (Lipinski definition) is 3. The largest absolute Gasteiger partial charge is 0.350 e. The molecule has 1 aliphatic rings. The minimum absolute atomic E-state index is 0.0389. The van der Waals surface area contributed by atoms with E-state index in [1.807, 2.05) is 0 Å². The quantitative estimate of drug-likeness (QED) is 0.688. The summed E-state index contributed by atoms with van der Waals surface area (Å²) in [6, 6.07) is 3.33. The van der Waals surface area contributed by atoms with Crippen molar-refractivity contribution >= 4 is 28.9 Å². The average Bonchev–Trinajstić information content (AvgIpc) is 2.43. The Balaban J connectivity index is 2.36. The Morgan fingerprint density at radius 3 is 2.93 bits per heavy atom. The van der Waals surface area contributed by atoms with Crippen LogP contribution in [0.5, 0.6) is 0 Å². The molecule has 14 heavy (non-hydrogen) atoms. The van der Waals surface area contributed by atoms with Crippen molar-refractivity contribution in [1.82, 2.24) is 10.3 Å². The standard InChI is InChI=1S/C9H9N3OS/c1-6-8(13)12(9(14)11-6)7-3-2-4-10-5-7/h2-6H,1H3,(H,11,14). The van der Waals surface area contributed by atoms with Crippen LogP contribution in [0.15, 0.2) is 24.5 Å². The lowest BCUT2D eigenvalue weighted by atomic mass is 10.3. The van der Waals surface area contributed by atoms with Crippen LogP contribution in [-0.4, -0.2) is 22.0 Å². The second kappa shape index (κ2) is 3.34. The first-order valence-corrected chi connectivity index (χ1v) is 4.65. The maximum absolute atomic E-state index is 11.7. The van der Waals surface area contributed by atoms with Crippen molar-refractivity contribution in [1.29, 1.82) is 0 Å². The number of carbonyl (C=O) groups is 1. The lowest BCUT2D eigenvalue weighted by Crippen LogP contribution is -2.30. The van der Waals surface area contributed by atoms with Gasteiger partial charge in [0, 0.05) is 6.20 Å². The van der Waals surface area contributed by atoms with E-state index in [1.165, 1.54) is 4.90 Å². The maximum atomic E-state index is 11.7. The van der Waals surface area contributed by atoms with Crippen LogP contribution >= 0.6 is 12.2 Å². The molecule has 1 saturated heterocycles. The fourth-order valence-corrected chi connectivity index (χ4v) is 1.71. The lowest BCUT2D eigenvalue weighted by molar-refractivity contribution is -0.117. The molecule has 4 nitrogen and oxygen atoms in total. The third kappa shape index (κ3) is 1.35. The summed E-state index contributed by atoms with van der Waals surface area (Å²) in [7, 11) is 0. The van der Waals surface area contributed by atoms with E-state index >= 15 is 0 Å². The number of carbonyl (C=O) groups excluding carboxylic acids is 1. The molecular weight excluding hydrogens is 198 g/mol. The highest BCUT2D eigenvalue weighted by Crippen LogP contribution is 2.17. The summed E-state index contributed by atoms with van der Waals surface area (Å²) in [6.45, 7) is 1.78. The Morgan fingerprint density at radius 2 is 2.43 bits per heavy atom. The summed E-state index contributed by atoms with van der Waals surface area (Å²) >= 11 is 5.04. The number of anilines is 1. The van der Waals surface area contributed by atoms with Crippen LogP contribution in [0.4, 0.5) is 5.69 Å². The van der Waals surface area contributed by atoms with E-state index in [4.69, 9.17) is 12.2 Å². The summed E-state index contributed by atoms with van der Waals surface area (Å²) in [5.41, 5.74) is 0.708. The molecule has 1 aromatic heterocycles. The van der Waals surface area contributed by atoms with Crippen molar-refractivity contribution in [2.24, 2.45) is 0 Å². The summed E-state index contributed by atoms with van der Waals surface area (Å²) < 4.78 is 0. The van der Waals surface area contributed by atoms with E-state index in [2.05, 4.69) is 10.3 Å². The van der Waals surface area contributed by atoms with Gasteiger partial charge in [-0.15, -0.1) is 0 Å². The molecule has 0 aromatic carbocycles. The number of thiocarbonyl (C=S) groups is 1. The molecule has 0 spiro atoms. The van der Waals surface area contributed by atoms with E-state index in [1.54, 1.807) is 31.5 Å². The van der Waals surface area contributed by atoms with Gasteiger partial charge in [-0.1, -0.05) is 0 Å². The first-order chi connectivity index (χ1) is 6.70. The topological polar surface area (TPSA) is 45.2 Å². The SMILES string of the molecule is CC1NC(=S)N(c2cccnc2)C1=O. The fourth-order valence-electron chi connectivity index (χ4n) is 1.34. The van der Waals surface area contributed by atoms with Crippen LogP contribution < -0.4 is 10.2 Å². The summed E-state index contributed by atoms with van der Waals surface area (Å²) in [5.74, 6) is -0.0389. The first-order valence-electron chi connectivity index (χ1n) is 4.24. The molecule has 0 aliphatic carbocycles. The molecule has 1 aromatic rings. The highest BCUT2D eigenvalue weighted by molar-refractivity contribution is 7.80. The zero-order valence-electron chi connectivity index (χ0n) is 7.60. The predicted octanol–water partition coefficient (Wildman–Crippen LogP) is 0.691. The molecule has 2 heterocycles. The molecule has 1 N–H and O–H groups in total. The third-order valence-electron chi connectivity index (χ3n) is 2.04. The van der Waals surface area contributed by atoms with Gasteiger partial charge in [0.25, 0.3) is 5.91 Å². The molecule has 2 rings (SSSR count). The Labute approximate surface area is 86.9 Å². The number of nitrogens with one attached hydrogen (secondary N) is 1. The van der Waals surface area contributed by atoms with E-state index in [0.29, 0.717) is 10.8 Å². The van der Waals surface area contributed by atoms with E-state index in [0.717, 1.165) is 0 Å². The number of nitrogens with zero attached hydrogens (tertiary/aromatic N) is 2. The van der Waals surface area contributed by atoms with Crippen LogP contribution in [0, 0.1) is 0 Å². The number of amides is 1. The van der Waals surface area contributed by atoms with Gasteiger partial charge in [-0.25, -0.2) is 0 Å². The maximum Gasteiger partial charge on any atom is 0.255 e. The predicted molar refractivity (Wildman–Crippen MR) is 56.9 cm³/mol. The normalized spacial score (nSPS) is 21.2. The number of hydrogen-bond donors (Lipinski definition) is 1. The van der Waals surface area contributed by atoms with Crippen LogP contribution in [-0.2, 0) is 4.79 Å². The highest BCUT2D eigenvalue weighted by Gasteiger charge is 2.33. The van der Waals surface area contributed by atoms with Gasteiger partial charge < -0.3 is 5.32 Å². The van der Waals surface area contributed by atoms with E-state index in [-0.39, 0.29) is 11.9 Å². The number of pyridine rings is 1. The van der Waals surface area contributed by atoms with Gasteiger partial charge in [-0.3, -0.25) is 14.7 Å². The van der Waals surface area contributed by atoms with Crippen LogP contribution in [0.1, 0.15) is 6.92 Å². The molecular formula is C9H9N3OS. The third-order valence-corrected chi connectivity index (χ3v) is 2.34. The van der Waals surface area contributed by atoms with Crippen molar-refractivity contribution < 1.29 is 4.79 Å². The van der Waals surface area contributed by atoms with Crippen molar-refractivity contribution in [2.75, 3.05) is 4.90 Å². The van der Waals surface area contributed by atoms with Crippen molar-refractivity contribution in [2.45, 2.75) is 13.0 Å². The molecule has 1 unspecified atom stereocenters. The molecule has 1 atom stereocenters. The molecule has 0 radical (unpaired) electrons. The van der Waals surface area contributed by atoms with Crippen LogP contribution in [0.3, 0.4) is 0 Å². The van der Waals surface area contributed by atoms with E-state index < -0.39 is 0 Å². The number of rotatable bonds is 1. The van der Waals surface area contributed by atoms with Gasteiger partial charge in [-0.05, 0) is 31.3 Å². The molecule has 1 amide bonds. The van der Waals surface area contributed by atoms with E-state index in [9.17, 15) is 4.79 Å². The van der Waals surface area contributed by atoms with Gasteiger partial charge >= 0.3 is 0 Å². The van der Waals surface area contributed by atoms with Crippen LogP contribution in [0.2, 0.25) is 0 Å². The second-order valence-electron chi connectivity index (χ2n) is 3.06. The van der Waals surface area contributed by atoms with Gasteiger partial charge in [0.05, 0.1) is 11.9 Å². The summed E-state index contributed by atoms with van der Waals surface area (Å²) in [6.07, 6.45) is 3.27. The fraction of sp³-hybridized carbons (Fsp3) is 0.222. The Kier molecular flexibility index (Phi) is 2.17. The second-order valence-corrected chi connectivity index (χ2v) is 3.44. The minimum atomic E-state index is -0.247. The monoisotopic (exact) mass is 207 g/mol. The number of aromatic nitrogens is 1. The lowest BCUT2D eigenvalue weighted by Gasteiger charge is -2.13. The highest BCUT2D eigenvalue weighted by atomic mass is 32.1. The molecule has 0 saturated carbocycles. The molecule has 1 aliphatic heterocycles. The summed E-state index contributed by atoms with van der Waals surface area (Å²) in [5, 5.41) is 3.34. The molecule has 5 heteroatoms. The average molecular weight is 207 g/mol. The Bertz CT molecular complexity index is 379. The first kappa shape index (κ1) is 9.08. The van der Waals surface area contributed by atoms with Crippen molar-refractivity contribution in [3.05, 3.63) is 24.5 Å². The summed E-state index contributed by atoms with van der Waals surface area (Å²) in [4.78, 5) is 17.1. The molecule has 1 fully saturated rings. The molecule has 0 bridgehead atoms. The molecule has 72 valence electrons. The zero-order chi connectivity index (χ0) is 10.1. The van der Waals surface area contributed by atoms with Crippen molar-refractivity contribution in [3.63, 3.8) is 0 Å². The minimum Gasteiger partial charge on any atom is -0.350 e. The Morgan fingerprint density at radius 1 is 1.64 bits per heavy atom. The van der Waals surface area contributed by atoms with Gasteiger partial charge in [0.2, 0.25) is 0 Å². The van der Waals surface area contributed by atoms with Crippen molar-refractivity contribution in [3.8, 4) is 0 Å². The van der Waals surface area contributed by atoms with Crippen LogP contribution in [0.25, 0.3) is 0 Å². The smallest absolute Gasteiger partial charge is 0.255 e. The Hall–Kier alpha value is -1.49. The van der Waals surface area contributed by atoms with Gasteiger partial charge in [0.15, 0.2) is 5.11 Å². The zero-order valence-corrected chi connectivity index (χ0v) is 8.41. The van der Waals surface area contributed by atoms with Gasteiger partial charge in [0.1, 0.15) is 6.04 Å².